The largest absolute Gasteiger partial charge is 0.325 e. The van der Waals surface area contributed by atoms with Gasteiger partial charge in [-0.3, -0.25) is 0 Å². The van der Waals surface area contributed by atoms with E-state index < -0.39 is 0 Å². The third kappa shape index (κ3) is 2.98. The van der Waals surface area contributed by atoms with Gasteiger partial charge in [0.05, 0.1) is 0 Å². The van der Waals surface area contributed by atoms with Gasteiger partial charge >= 0.3 is 0 Å². The van der Waals surface area contributed by atoms with E-state index in [-0.39, 0.29) is 5.54 Å². The molecule has 1 aliphatic heterocycles. The minimum atomic E-state index is 0.170. The van der Waals surface area contributed by atoms with E-state index >= 15 is 0 Å². The highest BCUT2D eigenvalue weighted by molar-refractivity contribution is 4.90. The van der Waals surface area contributed by atoms with Crippen molar-refractivity contribution in [1.82, 2.24) is 4.90 Å². The van der Waals surface area contributed by atoms with E-state index in [1.165, 1.54) is 58.0 Å². The average Bonchev–Trinajstić information content (AvgIpc) is 2.56. The molecule has 2 aliphatic rings. The van der Waals surface area contributed by atoms with Crippen LogP contribution in [0.5, 0.6) is 0 Å². The Morgan fingerprint density at radius 3 is 2.44 bits per heavy atom. The van der Waals surface area contributed by atoms with Crippen LogP contribution >= 0.6 is 0 Å². The van der Waals surface area contributed by atoms with Gasteiger partial charge in [0.2, 0.25) is 0 Å². The molecule has 2 unspecified atom stereocenters. The van der Waals surface area contributed by atoms with Gasteiger partial charge in [0.1, 0.15) is 0 Å². The van der Waals surface area contributed by atoms with Crippen molar-refractivity contribution in [3.05, 3.63) is 0 Å². The summed E-state index contributed by atoms with van der Waals surface area (Å²) in [5, 5.41) is 0. The molecule has 2 fully saturated rings. The summed E-state index contributed by atoms with van der Waals surface area (Å²) in [6, 6.07) is 0.780. The zero-order valence-electron chi connectivity index (χ0n) is 11.0. The van der Waals surface area contributed by atoms with Crippen molar-refractivity contribution in [2.45, 2.75) is 70.4 Å². The summed E-state index contributed by atoms with van der Waals surface area (Å²) in [5.41, 5.74) is 6.66. The smallest absolute Gasteiger partial charge is 0.0166 e. The zero-order chi connectivity index (χ0) is 11.6. The summed E-state index contributed by atoms with van der Waals surface area (Å²) in [5.74, 6) is 0.884. The number of likely N-dealkylation sites (tertiary alicyclic amines) is 1. The lowest BCUT2D eigenvalue weighted by Gasteiger charge is -2.35. The molecule has 1 heterocycles. The minimum absolute atomic E-state index is 0.170. The van der Waals surface area contributed by atoms with E-state index in [2.05, 4.69) is 18.7 Å². The topological polar surface area (TPSA) is 29.3 Å². The predicted octanol–water partition coefficient (Wildman–Crippen LogP) is 2.77. The molecule has 2 atom stereocenters. The van der Waals surface area contributed by atoms with Gasteiger partial charge in [0.25, 0.3) is 0 Å². The highest BCUT2D eigenvalue weighted by Crippen LogP contribution is 2.30. The van der Waals surface area contributed by atoms with Gasteiger partial charge in [-0.2, -0.15) is 0 Å². The van der Waals surface area contributed by atoms with Crippen molar-refractivity contribution in [1.29, 1.82) is 0 Å². The zero-order valence-corrected chi connectivity index (χ0v) is 11.0. The maximum atomic E-state index is 6.49. The number of hydrogen-bond acceptors (Lipinski definition) is 2. The average molecular weight is 224 g/mol. The molecule has 2 N–H and O–H groups in total. The summed E-state index contributed by atoms with van der Waals surface area (Å²) >= 11 is 0. The Labute approximate surface area is 101 Å². The van der Waals surface area contributed by atoms with E-state index in [1.807, 2.05) is 0 Å². The predicted molar refractivity (Wildman–Crippen MR) is 69.4 cm³/mol. The number of hydrogen-bond donors (Lipinski definition) is 1. The maximum Gasteiger partial charge on any atom is 0.0166 e. The van der Waals surface area contributed by atoms with Crippen molar-refractivity contribution in [3.63, 3.8) is 0 Å². The van der Waals surface area contributed by atoms with Gasteiger partial charge < -0.3 is 10.6 Å². The van der Waals surface area contributed by atoms with Crippen LogP contribution in [0.4, 0.5) is 0 Å². The fraction of sp³-hybridized carbons (Fsp3) is 1.00. The first-order valence-corrected chi connectivity index (χ1v) is 7.12. The van der Waals surface area contributed by atoms with Gasteiger partial charge in [-0.25, -0.2) is 0 Å². The van der Waals surface area contributed by atoms with Gasteiger partial charge in [-0.05, 0) is 38.5 Å². The van der Waals surface area contributed by atoms with Crippen LogP contribution in [0.2, 0.25) is 0 Å². The molecular weight excluding hydrogens is 196 g/mol. The van der Waals surface area contributed by atoms with Crippen molar-refractivity contribution in [3.8, 4) is 0 Å². The van der Waals surface area contributed by atoms with Gasteiger partial charge in [0, 0.05) is 24.7 Å². The molecule has 0 aromatic rings. The second-order valence-electron chi connectivity index (χ2n) is 6.36. The lowest BCUT2D eigenvalue weighted by atomic mass is 9.80. The first-order valence-electron chi connectivity index (χ1n) is 7.12. The number of nitrogens with two attached hydrogens (primary N) is 1. The molecule has 0 bridgehead atoms. The molecule has 0 spiro atoms. The molecule has 2 nitrogen and oxygen atoms in total. The van der Waals surface area contributed by atoms with E-state index in [0.29, 0.717) is 0 Å². The van der Waals surface area contributed by atoms with Crippen LogP contribution in [0.3, 0.4) is 0 Å². The molecule has 2 rings (SSSR count). The Morgan fingerprint density at radius 2 is 1.88 bits per heavy atom. The van der Waals surface area contributed by atoms with Crippen molar-refractivity contribution < 1.29 is 0 Å². The van der Waals surface area contributed by atoms with E-state index in [9.17, 15) is 0 Å². The quantitative estimate of drug-likeness (QED) is 0.798. The number of nitrogens with zero attached hydrogens (tertiary/aromatic N) is 1. The molecule has 16 heavy (non-hydrogen) atoms. The standard InChI is InChI=1S/C14H28N2/c1-12-10-13(2)16(11-12)9-8-14(15)6-4-3-5-7-14/h12-13H,3-11,15H2,1-2H3. The second kappa shape index (κ2) is 5.05. The summed E-state index contributed by atoms with van der Waals surface area (Å²) in [6.45, 7) is 7.25. The Bertz CT molecular complexity index is 221. The van der Waals surface area contributed by atoms with Gasteiger partial charge in [-0.15, -0.1) is 0 Å². The lowest BCUT2D eigenvalue weighted by molar-refractivity contribution is 0.202. The molecule has 0 radical (unpaired) electrons. The molecule has 0 aromatic heterocycles. The summed E-state index contributed by atoms with van der Waals surface area (Å²) in [7, 11) is 0. The Kier molecular flexibility index (Phi) is 3.91. The highest BCUT2D eigenvalue weighted by atomic mass is 15.2. The third-order valence-corrected chi connectivity index (χ3v) is 4.66. The van der Waals surface area contributed by atoms with Gasteiger partial charge in [-0.1, -0.05) is 26.2 Å². The first kappa shape index (κ1) is 12.4. The van der Waals surface area contributed by atoms with Crippen LogP contribution in [-0.2, 0) is 0 Å². The second-order valence-corrected chi connectivity index (χ2v) is 6.36. The Hall–Kier alpha value is -0.0800. The Morgan fingerprint density at radius 1 is 1.19 bits per heavy atom. The fourth-order valence-electron chi connectivity index (χ4n) is 3.57. The summed E-state index contributed by atoms with van der Waals surface area (Å²) < 4.78 is 0. The molecule has 1 aliphatic carbocycles. The monoisotopic (exact) mass is 224 g/mol. The van der Waals surface area contributed by atoms with Crippen LogP contribution in [-0.4, -0.2) is 29.6 Å². The van der Waals surface area contributed by atoms with Crippen molar-refractivity contribution in [2.24, 2.45) is 11.7 Å². The summed E-state index contributed by atoms with van der Waals surface area (Å²) in [6.07, 6.45) is 9.19. The lowest BCUT2D eigenvalue weighted by Crippen LogP contribution is -2.45. The molecule has 0 aromatic carbocycles. The molecule has 1 saturated heterocycles. The third-order valence-electron chi connectivity index (χ3n) is 4.66. The molecule has 94 valence electrons. The SMILES string of the molecule is CC1CC(C)N(CCC2(N)CCCCC2)C1. The van der Waals surface area contributed by atoms with Crippen LogP contribution < -0.4 is 5.73 Å². The van der Waals surface area contributed by atoms with E-state index in [4.69, 9.17) is 5.73 Å². The number of rotatable bonds is 3. The minimum Gasteiger partial charge on any atom is -0.325 e. The summed E-state index contributed by atoms with van der Waals surface area (Å²) in [4.78, 5) is 2.65. The molecule has 0 amide bonds. The molecular formula is C14H28N2. The van der Waals surface area contributed by atoms with Crippen LogP contribution in [0.25, 0.3) is 0 Å². The highest BCUT2D eigenvalue weighted by Gasteiger charge is 2.31. The normalized spacial score (nSPS) is 35.4. The van der Waals surface area contributed by atoms with Crippen LogP contribution in [0.1, 0.15) is 58.8 Å². The first-order chi connectivity index (χ1) is 7.59. The molecule has 1 saturated carbocycles. The van der Waals surface area contributed by atoms with Gasteiger partial charge in [0.15, 0.2) is 0 Å². The molecule has 2 heteroatoms. The Balaban J connectivity index is 1.78. The van der Waals surface area contributed by atoms with Crippen molar-refractivity contribution >= 4 is 0 Å². The van der Waals surface area contributed by atoms with Crippen molar-refractivity contribution in [2.75, 3.05) is 13.1 Å². The van der Waals surface area contributed by atoms with E-state index in [1.54, 1.807) is 0 Å². The van der Waals surface area contributed by atoms with Crippen LogP contribution in [0.15, 0.2) is 0 Å². The fourth-order valence-corrected chi connectivity index (χ4v) is 3.57. The maximum absolute atomic E-state index is 6.49. The van der Waals surface area contributed by atoms with E-state index in [0.717, 1.165) is 12.0 Å². The van der Waals surface area contributed by atoms with Crippen LogP contribution in [0, 0.1) is 5.92 Å².